The standard InChI is InChI=1S/C17H20N6O/c1-2-24-17(8-3-9-17)12-19-14-4-5-15-20-21-16(23(15)22-14)13-6-10-18-11-7-13/h4-7,10-11H,2-3,8-9,12H2,1H3,(H,19,22). The molecule has 0 aromatic carbocycles. The molecule has 0 radical (unpaired) electrons. The van der Waals surface area contributed by atoms with E-state index in [4.69, 9.17) is 4.74 Å². The minimum Gasteiger partial charge on any atom is -0.373 e. The van der Waals surface area contributed by atoms with Crippen molar-refractivity contribution in [2.24, 2.45) is 0 Å². The molecule has 7 nitrogen and oxygen atoms in total. The Morgan fingerprint density at radius 1 is 1.17 bits per heavy atom. The highest BCUT2D eigenvalue weighted by Crippen LogP contribution is 2.35. The SMILES string of the molecule is CCOC1(CNc2ccc3nnc(-c4ccncc4)n3n2)CCC1. The van der Waals surface area contributed by atoms with Crippen LogP contribution in [0.1, 0.15) is 26.2 Å². The molecule has 3 aromatic rings. The van der Waals surface area contributed by atoms with Crippen molar-refractivity contribution in [1.82, 2.24) is 24.8 Å². The van der Waals surface area contributed by atoms with Gasteiger partial charge in [-0.25, -0.2) is 0 Å². The van der Waals surface area contributed by atoms with Crippen LogP contribution in [0.15, 0.2) is 36.7 Å². The molecule has 4 rings (SSSR count). The maximum atomic E-state index is 5.92. The Morgan fingerprint density at radius 3 is 2.71 bits per heavy atom. The van der Waals surface area contributed by atoms with Gasteiger partial charge in [-0.05, 0) is 50.5 Å². The Kier molecular flexibility index (Phi) is 3.86. The van der Waals surface area contributed by atoms with Gasteiger partial charge in [0, 0.05) is 31.1 Å². The van der Waals surface area contributed by atoms with E-state index >= 15 is 0 Å². The molecular weight excluding hydrogens is 304 g/mol. The van der Waals surface area contributed by atoms with Crippen LogP contribution in [-0.2, 0) is 4.74 Å². The van der Waals surface area contributed by atoms with E-state index in [2.05, 4.69) is 25.6 Å². The summed E-state index contributed by atoms with van der Waals surface area (Å²) in [5.41, 5.74) is 1.62. The molecule has 1 fully saturated rings. The maximum Gasteiger partial charge on any atom is 0.185 e. The summed E-state index contributed by atoms with van der Waals surface area (Å²) in [6, 6.07) is 7.65. The monoisotopic (exact) mass is 324 g/mol. The molecule has 124 valence electrons. The zero-order valence-electron chi connectivity index (χ0n) is 13.6. The number of anilines is 1. The summed E-state index contributed by atoms with van der Waals surface area (Å²) in [7, 11) is 0. The first kappa shape index (κ1) is 15.0. The Balaban J connectivity index is 1.59. The largest absolute Gasteiger partial charge is 0.373 e. The van der Waals surface area contributed by atoms with Gasteiger partial charge in [0.15, 0.2) is 11.5 Å². The van der Waals surface area contributed by atoms with Crippen molar-refractivity contribution in [1.29, 1.82) is 0 Å². The summed E-state index contributed by atoms with van der Waals surface area (Å²) in [5.74, 6) is 1.50. The molecule has 0 saturated heterocycles. The number of aromatic nitrogens is 5. The number of ether oxygens (including phenoxy) is 1. The first-order valence-corrected chi connectivity index (χ1v) is 8.30. The van der Waals surface area contributed by atoms with Gasteiger partial charge in [-0.1, -0.05) is 0 Å². The van der Waals surface area contributed by atoms with Gasteiger partial charge in [0.2, 0.25) is 0 Å². The lowest BCUT2D eigenvalue weighted by Crippen LogP contribution is -2.46. The molecule has 0 amide bonds. The first-order chi connectivity index (χ1) is 11.8. The molecule has 0 bridgehead atoms. The Bertz CT molecular complexity index is 827. The Hall–Kier alpha value is -2.54. The topological polar surface area (TPSA) is 77.2 Å². The van der Waals surface area contributed by atoms with Crippen LogP contribution in [0, 0.1) is 0 Å². The number of hydrogen-bond donors (Lipinski definition) is 1. The van der Waals surface area contributed by atoms with E-state index in [-0.39, 0.29) is 5.60 Å². The average Bonchev–Trinajstić information content (AvgIpc) is 3.01. The normalized spacial score (nSPS) is 16.0. The van der Waals surface area contributed by atoms with Crippen LogP contribution in [0.2, 0.25) is 0 Å². The highest BCUT2D eigenvalue weighted by atomic mass is 16.5. The van der Waals surface area contributed by atoms with Crippen LogP contribution in [0.3, 0.4) is 0 Å². The van der Waals surface area contributed by atoms with Gasteiger partial charge >= 0.3 is 0 Å². The summed E-state index contributed by atoms with van der Waals surface area (Å²) in [4.78, 5) is 4.04. The zero-order valence-corrected chi connectivity index (χ0v) is 13.6. The minimum absolute atomic E-state index is 0.0352. The highest BCUT2D eigenvalue weighted by Gasteiger charge is 2.37. The van der Waals surface area contributed by atoms with Gasteiger partial charge in [0.25, 0.3) is 0 Å². The van der Waals surface area contributed by atoms with Crippen LogP contribution < -0.4 is 5.32 Å². The second-order valence-electron chi connectivity index (χ2n) is 6.07. The van der Waals surface area contributed by atoms with Gasteiger partial charge in [0.1, 0.15) is 5.82 Å². The molecule has 1 saturated carbocycles. The van der Waals surface area contributed by atoms with Crippen molar-refractivity contribution in [3.05, 3.63) is 36.7 Å². The maximum absolute atomic E-state index is 5.92. The van der Waals surface area contributed by atoms with Gasteiger partial charge in [-0.15, -0.1) is 15.3 Å². The van der Waals surface area contributed by atoms with Crippen molar-refractivity contribution in [3.63, 3.8) is 0 Å². The average molecular weight is 324 g/mol. The summed E-state index contributed by atoms with van der Waals surface area (Å²) < 4.78 is 7.68. The number of rotatable bonds is 6. The molecule has 1 aliphatic carbocycles. The summed E-state index contributed by atoms with van der Waals surface area (Å²) in [5, 5.41) is 16.5. The van der Waals surface area contributed by atoms with E-state index in [1.807, 2.05) is 31.2 Å². The molecular formula is C17H20N6O. The molecule has 3 heterocycles. The zero-order chi connectivity index (χ0) is 16.4. The molecule has 0 unspecified atom stereocenters. The van der Waals surface area contributed by atoms with E-state index in [0.717, 1.165) is 43.0 Å². The van der Waals surface area contributed by atoms with Crippen molar-refractivity contribution in [2.45, 2.75) is 31.8 Å². The van der Waals surface area contributed by atoms with Crippen molar-refractivity contribution >= 4 is 11.5 Å². The number of fused-ring (bicyclic) bond motifs is 1. The summed E-state index contributed by atoms with van der Waals surface area (Å²) in [6.07, 6.45) is 6.91. The van der Waals surface area contributed by atoms with Gasteiger partial charge in [-0.3, -0.25) is 4.98 Å². The van der Waals surface area contributed by atoms with Crippen LogP contribution in [0.5, 0.6) is 0 Å². The molecule has 1 aliphatic rings. The lowest BCUT2D eigenvalue weighted by atomic mass is 9.80. The van der Waals surface area contributed by atoms with Gasteiger partial charge in [0.05, 0.1) is 5.60 Å². The molecule has 7 heteroatoms. The molecule has 0 spiro atoms. The van der Waals surface area contributed by atoms with E-state index in [1.54, 1.807) is 16.9 Å². The lowest BCUT2D eigenvalue weighted by molar-refractivity contribution is -0.0839. The fourth-order valence-corrected chi connectivity index (χ4v) is 3.07. The molecule has 1 N–H and O–H groups in total. The van der Waals surface area contributed by atoms with E-state index in [1.165, 1.54) is 6.42 Å². The van der Waals surface area contributed by atoms with Crippen LogP contribution in [0.25, 0.3) is 17.0 Å². The fraction of sp³-hybridized carbons (Fsp3) is 0.412. The number of pyridine rings is 1. The number of nitrogens with zero attached hydrogens (tertiary/aromatic N) is 5. The lowest BCUT2D eigenvalue weighted by Gasteiger charge is -2.41. The Labute approximate surface area is 140 Å². The molecule has 3 aromatic heterocycles. The second kappa shape index (κ2) is 6.16. The number of nitrogens with one attached hydrogen (secondary N) is 1. The van der Waals surface area contributed by atoms with Crippen molar-refractivity contribution in [2.75, 3.05) is 18.5 Å². The van der Waals surface area contributed by atoms with Gasteiger partial charge < -0.3 is 10.1 Å². The predicted molar refractivity (Wildman–Crippen MR) is 90.7 cm³/mol. The predicted octanol–water partition coefficient (Wildman–Crippen LogP) is 2.56. The quantitative estimate of drug-likeness (QED) is 0.751. The highest BCUT2D eigenvalue weighted by molar-refractivity contribution is 5.58. The molecule has 0 aliphatic heterocycles. The third-order valence-electron chi connectivity index (χ3n) is 4.51. The third-order valence-corrected chi connectivity index (χ3v) is 4.51. The number of hydrogen-bond acceptors (Lipinski definition) is 6. The fourth-order valence-electron chi connectivity index (χ4n) is 3.07. The Morgan fingerprint density at radius 2 is 2.00 bits per heavy atom. The summed E-state index contributed by atoms with van der Waals surface area (Å²) >= 11 is 0. The van der Waals surface area contributed by atoms with Crippen LogP contribution in [-0.4, -0.2) is 43.5 Å². The molecule has 0 atom stereocenters. The van der Waals surface area contributed by atoms with E-state index in [0.29, 0.717) is 5.82 Å². The summed E-state index contributed by atoms with van der Waals surface area (Å²) in [6.45, 7) is 3.56. The van der Waals surface area contributed by atoms with E-state index in [9.17, 15) is 0 Å². The van der Waals surface area contributed by atoms with Crippen LogP contribution >= 0.6 is 0 Å². The molecule has 24 heavy (non-hydrogen) atoms. The smallest absolute Gasteiger partial charge is 0.185 e. The van der Waals surface area contributed by atoms with Crippen molar-refractivity contribution in [3.8, 4) is 11.4 Å². The van der Waals surface area contributed by atoms with Gasteiger partial charge in [-0.2, -0.15) is 4.52 Å². The van der Waals surface area contributed by atoms with Crippen LogP contribution in [0.4, 0.5) is 5.82 Å². The second-order valence-corrected chi connectivity index (χ2v) is 6.07. The first-order valence-electron chi connectivity index (χ1n) is 8.30. The third kappa shape index (κ3) is 2.71. The van der Waals surface area contributed by atoms with E-state index < -0.39 is 0 Å². The minimum atomic E-state index is -0.0352. The van der Waals surface area contributed by atoms with Crippen molar-refractivity contribution < 1.29 is 4.74 Å².